The van der Waals surface area contributed by atoms with Crippen LogP contribution in [-0.4, -0.2) is 40.5 Å². The Balaban J connectivity index is 1.54. The van der Waals surface area contributed by atoms with Gasteiger partial charge < -0.3 is 19.5 Å². The van der Waals surface area contributed by atoms with Crippen molar-refractivity contribution in [2.75, 3.05) is 30.1 Å². The zero-order chi connectivity index (χ0) is 20.6. The van der Waals surface area contributed by atoms with Gasteiger partial charge in [0.15, 0.2) is 11.0 Å². The second kappa shape index (κ2) is 9.97. The first kappa shape index (κ1) is 20.7. The van der Waals surface area contributed by atoms with Crippen LogP contribution in [0.1, 0.15) is 12.7 Å². The molecule has 3 rings (SSSR count). The van der Waals surface area contributed by atoms with Gasteiger partial charge in [0.1, 0.15) is 12.4 Å². The van der Waals surface area contributed by atoms with E-state index in [0.717, 1.165) is 22.9 Å². The van der Waals surface area contributed by atoms with Crippen LogP contribution in [0.3, 0.4) is 0 Å². The molecular weight excluding hydrogens is 386 g/mol. The number of rotatable bonds is 9. The SMILES string of the molecule is CCn1c(COc2ccccc2)nnc1SCC(=O)Nc1ccc(N(C)C)cc1. The molecule has 152 valence electrons. The molecule has 0 aliphatic heterocycles. The number of carbonyl (C=O) groups is 1. The van der Waals surface area contributed by atoms with Crippen LogP contribution in [0.2, 0.25) is 0 Å². The molecule has 2 aromatic carbocycles. The molecule has 0 radical (unpaired) electrons. The highest BCUT2D eigenvalue weighted by Gasteiger charge is 2.14. The van der Waals surface area contributed by atoms with E-state index in [1.165, 1.54) is 11.8 Å². The Morgan fingerprint density at radius 3 is 2.48 bits per heavy atom. The number of nitrogens with zero attached hydrogens (tertiary/aromatic N) is 4. The molecule has 1 aromatic heterocycles. The van der Waals surface area contributed by atoms with Gasteiger partial charge in [-0.15, -0.1) is 10.2 Å². The number of hydrogen-bond acceptors (Lipinski definition) is 6. The van der Waals surface area contributed by atoms with Gasteiger partial charge in [0.25, 0.3) is 0 Å². The Hall–Kier alpha value is -3.00. The third kappa shape index (κ3) is 5.74. The summed E-state index contributed by atoms with van der Waals surface area (Å²) in [5, 5.41) is 12.1. The van der Waals surface area contributed by atoms with Gasteiger partial charge in [-0.3, -0.25) is 4.79 Å². The van der Waals surface area contributed by atoms with Crippen molar-refractivity contribution in [3.8, 4) is 5.75 Å². The number of para-hydroxylation sites is 1. The van der Waals surface area contributed by atoms with Crippen molar-refractivity contribution in [2.45, 2.75) is 25.2 Å². The fourth-order valence-corrected chi connectivity index (χ4v) is 3.51. The Labute approximate surface area is 175 Å². The maximum absolute atomic E-state index is 12.3. The van der Waals surface area contributed by atoms with Gasteiger partial charge >= 0.3 is 0 Å². The summed E-state index contributed by atoms with van der Waals surface area (Å²) in [4.78, 5) is 14.3. The number of ether oxygens (including phenoxy) is 1. The van der Waals surface area contributed by atoms with Crippen molar-refractivity contribution in [1.29, 1.82) is 0 Å². The average Bonchev–Trinajstić information content (AvgIpc) is 3.13. The minimum absolute atomic E-state index is 0.0830. The summed E-state index contributed by atoms with van der Waals surface area (Å²) in [7, 11) is 3.96. The van der Waals surface area contributed by atoms with E-state index in [9.17, 15) is 4.79 Å². The lowest BCUT2D eigenvalue weighted by Gasteiger charge is -2.13. The highest BCUT2D eigenvalue weighted by Crippen LogP contribution is 2.20. The average molecular weight is 412 g/mol. The number of amides is 1. The van der Waals surface area contributed by atoms with E-state index >= 15 is 0 Å². The van der Waals surface area contributed by atoms with Crippen LogP contribution in [0.5, 0.6) is 5.75 Å². The number of carbonyl (C=O) groups excluding carboxylic acids is 1. The highest BCUT2D eigenvalue weighted by atomic mass is 32.2. The van der Waals surface area contributed by atoms with Crippen molar-refractivity contribution in [3.05, 3.63) is 60.4 Å². The summed E-state index contributed by atoms with van der Waals surface area (Å²) in [6.07, 6.45) is 0. The van der Waals surface area contributed by atoms with Gasteiger partial charge in [-0.05, 0) is 43.3 Å². The maximum atomic E-state index is 12.3. The fourth-order valence-electron chi connectivity index (χ4n) is 2.68. The normalized spacial score (nSPS) is 10.6. The first-order chi connectivity index (χ1) is 14.1. The Bertz CT molecular complexity index is 926. The van der Waals surface area contributed by atoms with E-state index in [1.807, 2.05) is 85.1 Å². The first-order valence-corrected chi connectivity index (χ1v) is 10.4. The molecule has 7 nitrogen and oxygen atoms in total. The van der Waals surface area contributed by atoms with Crippen LogP contribution in [0.25, 0.3) is 0 Å². The molecule has 29 heavy (non-hydrogen) atoms. The minimum atomic E-state index is -0.0830. The van der Waals surface area contributed by atoms with Crippen molar-refractivity contribution in [2.24, 2.45) is 0 Å². The van der Waals surface area contributed by atoms with E-state index in [4.69, 9.17) is 4.74 Å². The summed E-state index contributed by atoms with van der Waals surface area (Å²) >= 11 is 1.36. The highest BCUT2D eigenvalue weighted by molar-refractivity contribution is 7.99. The van der Waals surface area contributed by atoms with Crippen LogP contribution in [-0.2, 0) is 17.9 Å². The number of aromatic nitrogens is 3. The van der Waals surface area contributed by atoms with Crippen LogP contribution < -0.4 is 15.0 Å². The summed E-state index contributed by atoms with van der Waals surface area (Å²) in [6, 6.07) is 17.3. The monoisotopic (exact) mass is 411 g/mol. The van der Waals surface area contributed by atoms with Gasteiger partial charge in [0.05, 0.1) is 5.75 Å². The Kier molecular flexibility index (Phi) is 7.13. The first-order valence-electron chi connectivity index (χ1n) is 9.36. The van der Waals surface area contributed by atoms with Gasteiger partial charge in [0, 0.05) is 32.0 Å². The lowest BCUT2D eigenvalue weighted by Crippen LogP contribution is -2.15. The molecule has 0 fully saturated rings. The molecule has 1 heterocycles. The van der Waals surface area contributed by atoms with Gasteiger partial charge in [-0.2, -0.15) is 0 Å². The summed E-state index contributed by atoms with van der Waals surface area (Å²) in [5.74, 6) is 1.69. The Morgan fingerprint density at radius 1 is 1.10 bits per heavy atom. The molecule has 0 aliphatic carbocycles. The molecule has 0 spiro atoms. The quantitative estimate of drug-likeness (QED) is 0.542. The van der Waals surface area contributed by atoms with E-state index < -0.39 is 0 Å². The topological polar surface area (TPSA) is 72.3 Å². The van der Waals surface area contributed by atoms with E-state index in [1.54, 1.807) is 0 Å². The second-order valence-electron chi connectivity index (χ2n) is 6.52. The van der Waals surface area contributed by atoms with Crippen LogP contribution in [0.4, 0.5) is 11.4 Å². The van der Waals surface area contributed by atoms with Crippen LogP contribution in [0, 0.1) is 0 Å². The predicted molar refractivity (Wildman–Crippen MR) is 117 cm³/mol. The summed E-state index contributed by atoms with van der Waals surface area (Å²) in [6.45, 7) is 3.05. The number of benzene rings is 2. The molecule has 0 atom stereocenters. The van der Waals surface area contributed by atoms with Crippen molar-refractivity contribution >= 4 is 29.0 Å². The summed E-state index contributed by atoms with van der Waals surface area (Å²) in [5.41, 5.74) is 1.86. The van der Waals surface area contributed by atoms with Crippen LogP contribution in [0.15, 0.2) is 59.8 Å². The zero-order valence-electron chi connectivity index (χ0n) is 16.8. The predicted octanol–water partition coefficient (Wildman–Crippen LogP) is 3.67. The molecule has 3 aromatic rings. The molecule has 0 aliphatic rings. The standard InChI is InChI=1S/C21H25N5O2S/c1-4-26-19(14-28-18-8-6-5-7-9-18)23-24-21(26)29-15-20(27)22-16-10-12-17(13-11-16)25(2)3/h5-13H,4,14-15H2,1-3H3,(H,22,27). The summed E-state index contributed by atoms with van der Waals surface area (Å²) < 4.78 is 7.73. The van der Waals surface area contributed by atoms with Crippen molar-refractivity contribution < 1.29 is 9.53 Å². The third-order valence-electron chi connectivity index (χ3n) is 4.22. The minimum Gasteiger partial charge on any atom is -0.486 e. The van der Waals surface area contributed by atoms with E-state index in [-0.39, 0.29) is 11.7 Å². The molecule has 0 bridgehead atoms. The lowest BCUT2D eigenvalue weighted by atomic mass is 10.2. The van der Waals surface area contributed by atoms with Gasteiger partial charge in [-0.25, -0.2) is 0 Å². The van der Waals surface area contributed by atoms with Crippen molar-refractivity contribution in [3.63, 3.8) is 0 Å². The van der Waals surface area contributed by atoms with E-state index in [0.29, 0.717) is 18.3 Å². The van der Waals surface area contributed by atoms with Crippen LogP contribution >= 0.6 is 11.8 Å². The van der Waals surface area contributed by atoms with Crippen molar-refractivity contribution in [1.82, 2.24) is 14.8 Å². The number of nitrogens with one attached hydrogen (secondary N) is 1. The molecule has 0 unspecified atom stereocenters. The number of hydrogen-bond donors (Lipinski definition) is 1. The smallest absolute Gasteiger partial charge is 0.234 e. The van der Waals surface area contributed by atoms with Gasteiger partial charge in [0.2, 0.25) is 5.91 Å². The third-order valence-corrected chi connectivity index (χ3v) is 5.19. The lowest BCUT2D eigenvalue weighted by molar-refractivity contribution is -0.113. The zero-order valence-corrected chi connectivity index (χ0v) is 17.6. The molecule has 0 saturated carbocycles. The molecule has 0 saturated heterocycles. The largest absolute Gasteiger partial charge is 0.486 e. The fraction of sp³-hybridized carbons (Fsp3) is 0.286. The molecular formula is C21H25N5O2S. The molecule has 1 N–H and O–H groups in total. The van der Waals surface area contributed by atoms with E-state index in [2.05, 4.69) is 15.5 Å². The number of thioether (sulfide) groups is 1. The Morgan fingerprint density at radius 2 is 1.83 bits per heavy atom. The van der Waals surface area contributed by atoms with Gasteiger partial charge in [-0.1, -0.05) is 30.0 Å². The maximum Gasteiger partial charge on any atom is 0.234 e. The number of anilines is 2. The molecule has 1 amide bonds. The second-order valence-corrected chi connectivity index (χ2v) is 7.47. The molecule has 8 heteroatoms.